The number of ether oxygens (including phenoxy) is 2. The molecule has 0 aliphatic carbocycles. The molecule has 6 nitrogen and oxygen atoms in total. The van der Waals surface area contributed by atoms with E-state index in [2.05, 4.69) is 15.6 Å². The number of anilines is 3. The molecule has 3 aromatic rings. The predicted molar refractivity (Wildman–Crippen MR) is 113 cm³/mol. The second-order valence-corrected chi connectivity index (χ2v) is 6.84. The topological polar surface area (TPSA) is 72.5 Å². The van der Waals surface area contributed by atoms with Crippen molar-refractivity contribution < 1.29 is 14.3 Å². The second-order valence-electron chi connectivity index (χ2n) is 6.84. The summed E-state index contributed by atoms with van der Waals surface area (Å²) < 4.78 is 11.3. The van der Waals surface area contributed by atoms with Crippen LogP contribution in [0.4, 0.5) is 17.2 Å². The highest BCUT2D eigenvalue weighted by Gasteiger charge is 2.21. The Hall–Kier alpha value is -3.38. The molecule has 148 valence electrons. The van der Waals surface area contributed by atoms with Crippen LogP contribution in [0.1, 0.15) is 12.8 Å². The predicted octanol–water partition coefficient (Wildman–Crippen LogP) is 4.98. The zero-order valence-electron chi connectivity index (χ0n) is 16.0. The van der Waals surface area contributed by atoms with Gasteiger partial charge in [0, 0.05) is 19.1 Å². The molecule has 0 atom stereocenters. The fourth-order valence-electron chi connectivity index (χ4n) is 3.16. The SMILES string of the molecule is O=C(Nc1ccc(Nc2ccccc2Oc2ccccc2)cn1)C1CCOCC1. The minimum absolute atomic E-state index is 0.00289. The summed E-state index contributed by atoms with van der Waals surface area (Å²) in [4.78, 5) is 16.7. The van der Waals surface area contributed by atoms with Gasteiger partial charge in [0.25, 0.3) is 0 Å². The Morgan fingerprint density at radius 3 is 2.48 bits per heavy atom. The summed E-state index contributed by atoms with van der Waals surface area (Å²) in [5.74, 6) is 2.02. The highest BCUT2D eigenvalue weighted by Crippen LogP contribution is 2.31. The van der Waals surface area contributed by atoms with Gasteiger partial charge in [0.05, 0.1) is 17.6 Å². The van der Waals surface area contributed by atoms with Gasteiger partial charge in [-0.05, 0) is 49.2 Å². The van der Waals surface area contributed by atoms with E-state index < -0.39 is 0 Å². The molecule has 0 spiro atoms. The van der Waals surface area contributed by atoms with Crippen molar-refractivity contribution in [2.45, 2.75) is 12.8 Å². The molecule has 2 aromatic carbocycles. The monoisotopic (exact) mass is 389 g/mol. The zero-order chi connectivity index (χ0) is 19.9. The molecule has 29 heavy (non-hydrogen) atoms. The van der Waals surface area contributed by atoms with E-state index in [4.69, 9.17) is 9.47 Å². The van der Waals surface area contributed by atoms with Gasteiger partial charge in [0.1, 0.15) is 11.6 Å². The Kier molecular flexibility index (Phi) is 6.02. The average molecular weight is 389 g/mol. The molecule has 4 rings (SSSR count). The number of hydrogen-bond donors (Lipinski definition) is 2. The molecule has 2 heterocycles. The van der Waals surface area contributed by atoms with Crippen molar-refractivity contribution in [3.8, 4) is 11.5 Å². The molecule has 1 fully saturated rings. The van der Waals surface area contributed by atoms with E-state index in [1.165, 1.54) is 0 Å². The molecule has 2 N–H and O–H groups in total. The number of carbonyl (C=O) groups is 1. The van der Waals surface area contributed by atoms with Crippen molar-refractivity contribution >= 4 is 23.1 Å². The van der Waals surface area contributed by atoms with Crippen LogP contribution in [0.15, 0.2) is 72.9 Å². The summed E-state index contributed by atoms with van der Waals surface area (Å²) in [6.07, 6.45) is 3.20. The third kappa shape index (κ3) is 5.12. The summed E-state index contributed by atoms with van der Waals surface area (Å²) in [7, 11) is 0. The van der Waals surface area contributed by atoms with E-state index in [-0.39, 0.29) is 11.8 Å². The first-order chi connectivity index (χ1) is 14.3. The van der Waals surface area contributed by atoms with E-state index in [9.17, 15) is 4.79 Å². The first-order valence-electron chi connectivity index (χ1n) is 9.71. The first kappa shape index (κ1) is 19.0. The number of pyridine rings is 1. The van der Waals surface area contributed by atoms with E-state index in [1.54, 1.807) is 12.3 Å². The molecule has 6 heteroatoms. The van der Waals surface area contributed by atoms with E-state index in [1.807, 2.05) is 60.7 Å². The lowest BCUT2D eigenvalue weighted by molar-refractivity contribution is -0.122. The van der Waals surface area contributed by atoms with Crippen LogP contribution in [0, 0.1) is 5.92 Å². The number of nitrogens with one attached hydrogen (secondary N) is 2. The highest BCUT2D eigenvalue weighted by atomic mass is 16.5. The van der Waals surface area contributed by atoms with Crippen molar-refractivity contribution in [2.75, 3.05) is 23.8 Å². The smallest absolute Gasteiger partial charge is 0.228 e. The molecule has 0 bridgehead atoms. The van der Waals surface area contributed by atoms with Gasteiger partial charge in [-0.25, -0.2) is 4.98 Å². The lowest BCUT2D eigenvalue weighted by Crippen LogP contribution is -2.28. The molecule has 1 amide bonds. The Bertz CT molecular complexity index is 939. The van der Waals surface area contributed by atoms with Crippen LogP contribution in [-0.4, -0.2) is 24.1 Å². The normalized spacial score (nSPS) is 14.2. The van der Waals surface area contributed by atoms with Gasteiger partial charge < -0.3 is 20.1 Å². The maximum Gasteiger partial charge on any atom is 0.228 e. The van der Waals surface area contributed by atoms with E-state index >= 15 is 0 Å². The fourth-order valence-corrected chi connectivity index (χ4v) is 3.16. The van der Waals surface area contributed by atoms with Crippen molar-refractivity contribution in [1.82, 2.24) is 4.98 Å². The number of carbonyl (C=O) groups excluding carboxylic acids is 1. The number of amides is 1. The van der Waals surface area contributed by atoms with Crippen molar-refractivity contribution in [2.24, 2.45) is 5.92 Å². The molecule has 1 saturated heterocycles. The van der Waals surface area contributed by atoms with Gasteiger partial charge in [-0.15, -0.1) is 0 Å². The van der Waals surface area contributed by atoms with Gasteiger partial charge in [-0.1, -0.05) is 30.3 Å². The molecule has 0 radical (unpaired) electrons. The summed E-state index contributed by atoms with van der Waals surface area (Å²) in [6.45, 7) is 1.28. The largest absolute Gasteiger partial charge is 0.455 e. The van der Waals surface area contributed by atoms with Gasteiger partial charge in [0.15, 0.2) is 5.75 Å². The Labute approximate surface area is 169 Å². The lowest BCUT2D eigenvalue weighted by Gasteiger charge is -2.21. The van der Waals surface area contributed by atoms with Gasteiger partial charge in [0.2, 0.25) is 5.91 Å². The van der Waals surface area contributed by atoms with Crippen molar-refractivity contribution in [3.63, 3.8) is 0 Å². The second kappa shape index (κ2) is 9.21. The number of rotatable bonds is 6. The number of benzene rings is 2. The third-order valence-corrected chi connectivity index (χ3v) is 4.74. The standard InChI is InChI=1S/C23H23N3O3/c27-23(17-12-14-28-15-13-17)26-22-11-10-18(16-24-22)25-20-8-4-5-9-21(20)29-19-6-2-1-3-7-19/h1-11,16-17,25H,12-15H2,(H,24,26,27). The Morgan fingerprint density at radius 2 is 1.72 bits per heavy atom. The molecular formula is C23H23N3O3. The number of nitrogens with zero attached hydrogens (tertiary/aromatic N) is 1. The summed E-state index contributed by atoms with van der Waals surface area (Å²) >= 11 is 0. The zero-order valence-corrected chi connectivity index (χ0v) is 16.0. The number of hydrogen-bond acceptors (Lipinski definition) is 5. The summed E-state index contributed by atoms with van der Waals surface area (Å²) in [5, 5.41) is 6.21. The highest BCUT2D eigenvalue weighted by molar-refractivity contribution is 5.91. The molecular weight excluding hydrogens is 366 g/mol. The van der Waals surface area contributed by atoms with Crippen molar-refractivity contribution in [3.05, 3.63) is 72.9 Å². The molecule has 0 unspecified atom stereocenters. The maximum atomic E-state index is 12.3. The Balaban J connectivity index is 1.41. The lowest BCUT2D eigenvalue weighted by atomic mass is 9.99. The van der Waals surface area contributed by atoms with Gasteiger partial charge in [-0.2, -0.15) is 0 Å². The Morgan fingerprint density at radius 1 is 0.966 bits per heavy atom. The summed E-state index contributed by atoms with van der Waals surface area (Å²) in [6, 6.07) is 21.0. The van der Waals surface area contributed by atoms with Crippen LogP contribution < -0.4 is 15.4 Å². The van der Waals surface area contributed by atoms with E-state index in [0.29, 0.717) is 19.0 Å². The van der Waals surface area contributed by atoms with Gasteiger partial charge >= 0.3 is 0 Å². The van der Waals surface area contributed by atoms with Crippen LogP contribution in [-0.2, 0) is 9.53 Å². The average Bonchev–Trinajstić information content (AvgIpc) is 2.78. The van der Waals surface area contributed by atoms with Gasteiger partial charge in [-0.3, -0.25) is 4.79 Å². The van der Waals surface area contributed by atoms with Crippen LogP contribution in [0.3, 0.4) is 0 Å². The minimum atomic E-state index is -0.00892. The van der Waals surface area contributed by atoms with Crippen molar-refractivity contribution in [1.29, 1.82) is 0 Å². The van der Waals surface area contributed by atoms with Crippen LogP contribution in [0.2, 0.25) is 0 Å². The minimum Gasteiger partial charge on any atom is -0.455 e. The fraction of sp³-hybridized carbons (Fsp3) is 0.217. The quantitative estimate of drug-likeness (QED) is 0.622. The molecule has 1 aliphatic rings. The number of para-hydroxylation sites is 3. The van der Waals surface area contributed by atoms with Crippen LogP contribution in [0.5, 0.6) is 11.5 Å². The third-order valence-electron chi connectivity index (χ3n) is 4.74. The van der Waals surface area contributed by atoms with Crippen LogP contribution in [0.25, 0.3) is 0 Å². The number of aromatic nitrogens is 1. The molecule has 0 saturated carbocycles. The maximum absolute atomic E-state index is 12.3. The first-order valence-corrected chi connectivity index (χ1v) is 9.71. The van der Waals surface area contributed by atoms with Crippen LogP contribution >= 0.6 is 0 Å². The summed E-state index contributed by atoms with van der Waals surface area (Å²) in [5.41, 5.74) is 1.63. The van der Waals surface area contributed by atoms with E-state index in [0.717, 1.165) is 35.7 Å². The molecule has 1 aliphatic heterocycles. The molecule has 1 aromatic heterocycles.